The molecule has 196 valence electrons. The molecule has 1 saturated heterocycles. The Kier molecular flexibility index (Phi) is 8.39. The molecule has 1 aliphatic heterocycles. The second-order valence-corrected chi connectivity index (χ2v) is 13.0. The molecular weight excluding hydrogens is 559 g/mol. The molecule has 13 heteroatoms. The number of amides is 1. The van der Waals surface area contributed by atoms with Crippen LogP contribution in [0, 0.1) is 5.92 Å². The van der Waals surface area contributed by atoms with Crippen LogP contribution in [-0.2, 0) is 30.6 Å². The van der Waals surface area contributed by atoms with E-state index in [-0.39, 0.29) is 28.1 Å². The quantitative estimate of drug-likeness (QED) is 0.406. The number of carbonyl (C=O) groups excluding carboxylic acids is 1. The van der Waals surface area contributed by atoms with E-state index in [2.05, 4.69) is 15.0 Å². The molecule has 0 radical (unpaired) electrons. The van der Waals surface area contributed by atoms with Gasteiger partial charge < -0.3 is 5.32 Å². The van der Waals surface area contributed by atoms with Gasteiger partial charge in [0.05, 0.1) is 38.5 Å². The lowest BCUT2D eigenvalue weighted by atomic mass is 9.99. The van der Waals surface area contributed by atoms with E-state index in [0.29, 0.717) is 41.3 Å². The number of carbonyl (C=O) groups is 1. The van der Waals surface area contributed by atoms with Crippen LogP contribution in [0.3, 0.4) is 0 Å². The van der Waals surface area contributed by atoms with Crippen LogP contribution in [0.15, 0.2) is 71.9 Å². The number of benzene rings is 2. The standard InChI is InChI=1S/C24H24Cl2N4O5S2/c25-22-10-5-17(13-23(22)26)16-36(32,33)30-12-2-3-18(15-30)24(31)28-19-6-8-21(9-7-19)37(34,35)29-20-4-1-11-27-14-20/h1,4-11,13-14,18,29H,2-3,12,15-16H2,(H,28,31). The molecule has 0 spiro atoms. The van der Waals surface area contributed by atoms with E-state index in [4.69, 9.17) is 23.2 Å². The number of halogens is 2. The van der Waals surface area contributed by atoms with Crippen LogP contribution in [0.2, 0.25) is 10.0 Å². The Hall–Kier alpha value is -2.70. The van der Waals surface area contributed by atoms with E-state index in [9.17, 15) is 21.6 Å². The molecule has 1 aromatic heterocycles. The Morgan fingerprint density at radius 1 is 1.00 bits per heavy atom. The van der Waals surface area contributed by atoms with Crippen LogP contribution in [0.1, 0.15) is 18.4 Å². The van der Waals surface area contributed by atoms with Crippen LogP contribution >= 0.6 is 23.2 Å². The SMILES string of the molecule is O=C(Nc1ccc(S(=O)(=O)Nc2cccnc2)cc1)C1CCCN(S(=O)(=O)Cc2ccc(Cl)c(Cl)c2)C1. The summed E-state index contributed by atoms with van der Waals surface area (Å²) in [5, 5.41) is 3.37. The van der Waals surface area contributed by atoms with E-state index in [1.807, 2.05) is 0 Å². The van der Waals surface area contributed by atoms with Crippen molar-refractivity contribution in [2.45, 2.75) is 23.5 Å². The number of piperidine rings is 1. The molecule has 0 bridgehead atoms. The maximum atomic E-state index is 13.0. The first-order valence-electron chi connectivity index (χ1n) is 11.3. The summed E-state index contributed by atoms with van der Waals surface area (Å²) in [4.78, 5) is 16.8. The molecule has 1 fully saturated rings. The molecule has 0 aliphatic carbocycles. The number of nitrogens with zero attached hydrogens (tertiary/aromatic N) is 2. The monoisotopic (exact) mass is 582 g/mol. The van der Waals surface area contributed by atoms with Crippen molar-refractivity contribution in [1.82, 2.24) is 9.29 Å². The molecule has 2 heterocycles. The molecule has 1 aliphatic rings. The fourth-order valence-corrected chi connectivity index (χ4v) is 6.90. The molecule has 1 unspecified atom stereocenters. The van der Waals surface area contributed by atoms with Gasteiger partial charge in [0.2, 0.25) is 15.9 Å². The van der Waals surface area contributed by atoms with Gasteiger partial charge in [0.25, 0.3) is 10.0 Å². The molecular formula is C24H24Cl2N4O5S2. The van der Waals surface area contributed by atoms with E-state index in [1.165, 1.54) is 47.0 Å². The van der Waals surface area contributed by atoms with Gasteiger partial charge in [-0.05, 0) is 66.9 Å². The molecule has 2 aromatic carbocycles. The third-order valence-electron chi connectivity index (χ3n) is 5.83. The van der Waals surface area contributed by atoms with Crippen molar-refractivity contribution in [3.8, 4) is 0 Å². The number of anilines is 2. The Labute approximate surface area is 225 Å². The maximum absolute atomic E-state index is 13.0. The Morgan fingerprint density at radius 2 is 1.76 bits per heavy atom. The molecule has 0 saturated carbocycles. The maximum Gasteiger partial charge on any atom is 0.261 e. The Bertz CT molecular complexity index is 1490. The Morgan fingerprint density at radius 3 is 2.43 bits per heavy atom. The van der Waals surface area contributed by atoms with Gasteiger partial charge in [0, 0.05) is 25.0 Å². The first-order chi connectivity index (χ1) is 17.5. The number of rotatable bonds is 8. The predicted octanol–water partition coefficient (Wildman–Crippen LogP) is 4.37. The van der Waals surface area contributed by atoms with Crippen LogP contribution in [-0.4, -0.2) is 45.1 Å². The number of pyridine rings is 1. The Balaban J connectivity index is 1.38. The van der Waals surface area contributed by atoms with E-state index < -0.39 is 26.0 Å². The predicted molar refractivity (Wildman–Crippen MR) is 143 cm³/mol. The van der Waals surface area contributed by atoms with E-state index in [0.717, 1.165) is 0 Å². The van der Waals surface area contributed by atoms with Gasteiger partial charge in [0.15, 0.2) is 0 Å². The van der Waals surface area contributed by atoms with Crippen molar-refractivity contribution < 1.29 is 21.6 Å². The topological polar surface area (TPSA) is 126 Å². The van der Waals surface area contributed by atoms with Crippen LogP contribution < -0.4 is 10.0 Å². The van der Waals surface area contributed by atoms with Gasteiger partial charge in [0.1, 0.15) is 0 Å². The van der Waals surface area contributed by atoms with Crippen molar-refractivity contribution in [3.63, 3.8) is 0 Å². The summed E-state index contributed by atoms with van der Waals surface area (Å²) in [6.45, 7) is 0.376. The summed E-state index contributed by atoms with van der Waals surface area (Å²) in [5.74, 6) is -1.13. The average Bonchev–Trinajstić information content (AvgIpc) is 2.87. The summed E-state index contributed by atoms with van der Waals surface area (Å²) < 4.78 is 54.9. The zero-order valence-electron chi connectivity index (χ0n) is 19.5. The van der Waals surface area contributed by atoms with Crippen LogP contribution in [0.4, 0.5) is 11.4 Å². The fourth-order valence-electron chi connectivity index (χ4n) is 3.94. The minimum atomic E-state index is -3.83. The highest BCUT2D eigenvalue weighted by Crippen LogP contribution is 2.27. The summed E-state index contributed by atoms with van der Waals surface area (Å²) >= 11 is 11.9. The van der Waals surface area contributed by atoms with Gasteiger partial charge >= 0.3 is 0 Å². The van der Waals surface area contributed by atoms with Gasteiger partial charge in [-0.25, -0.2) is 21.1 Å². The number of nitrogens with one attached hydrogen (secondary N) is 2. The fraction of sp³-hybridized carbons (Fsp3) is 0.250. The van der Waals surface area contributed by atoms with Gasteiger partial charge in [-0.1, -0.05) is 29.3 Å². The smallest absolute Gasteiger partial charge is 0.261 e. The number of hydrogen-bond acceptors (Lipinski definition) is 6. The van der Waals surface area contributed by atoms with Crippen LogP contribution in [0.5, 0.6) is 0 Å². The number of aromatic nitrogens is 1. The number of sulfonamides is 2. The van der Waals surface area contributed by atoms with Crippen molar-refractivity contribution >= 4 is 60.5 Å². The van der Waals surface area contributed by atoms with E-state index in [1.54, 1.807) is 24.3 Å². The zero-order valence-corrected chi connectivity index (χ0v) is 22.6. The second kappa shape index (κ2) is 11.4. The third kappa shape index (κ3) is 6.99. The van der Waals surface area contributed by atoms with Crippen molar-refractivity contribution in [2.24, 2.45) is 5.92 Å². The molecule has 3 aromatic rings. The largest absolute Gasteiger partial charge is 0.326 e. The summed E-state index contributed by atoms with van der Waals surface area (Å²) in [6.07, 6.45) is 4.00. The normalized spacial score (nSPS) is 16.8. The zero-order chi connectivity index (χ0) is 26.6. The minimum Gasteiger partial charge on any atom is -0.326 e. The van der Waals surface area contributed by atoms with Crippen LogP contribution in [0.25, 0.3) is 0 Å². The van der Waals surface area contributed by atoms with Crippen molar-refractivity contribution in [2.75, 3.05) is 23.1 Å². The molecule has 9 nitrogen and oxygen atoms in total. The molecule has 1 amide bonds. The van der Waals surface area contributed by atoms with Gasteiger partial charge in [-0.15, -0.1) is 0 Å². The summed E-state index contributed by atoms with van der Waals surface area (Å²) in [7, 11) is -7.51. The number of hydrogen-bond donors (Lipinski definition) is 2. The summed E-state index contributed by atoms with van der Waals surface area (Å²) in [6, 6.07) is 13.6. The van der Waals surface area contributed by atoms with Crippen molar-refractivity contribution in [1.29, 1.82) is 0 Å². The second-order valence-electron chi connectivity index (χ2n) is 8.56. The van der Waals surface area contributed by atoms with Gasteiger partial charge in [-0.2, -0.15) is 0 Å². The highest BCUT2D eigenvalue weighted by Gasteiger charge is 2.32. The van der Waals surface area contributed by atoms with Gasteiger partial charge in [-0.3, -0.25) is 14.5 Å². The lowest BCUT2D eigenvalue weighted by molar-refractivity contribution is -0.120. The molecule has 4 rings (SSSR count). The highest BCUT2D eigenvalue weighted by molar-refractivity contribution is 7.92. The molecule has 2 N–H and O–H groups in total. The van der Waals surface area contributed by atoms with Crippen molar-refractivity contribution in [3.05, 3.63) is 82.6 Å². The third-order valence-corrected chi connectivity index (χ3v) is 9.78. The van der Waals surface area contributed by atoms with E-state index >= 15 is 0 Å². The first kappa shape index (κ1) is 27.3. The lowest BCUT2D eigenvalue weighted by Crippen LogP contribution is -2.44. The minimum absolute atomic E-state index is 0.0200. The molecule has 1 atom stereocenters. The first-order valence-corrected chi connectivity index (χ1v) is 15.1. The highest BCUT2D eigenvalue weighted by atomic mass is 35.5. The lowest BCUT2D eigenvalue weighted by Gasteiger charge is -2.31. The molecule has 37 heavy (non-hydrogen) atoms. The average molecular weight is 584 g/mol. The summed E-state index contributed by atoms with van der Waals surface area (Å²) in [5.41, 5.74) is 1.24.